The molecule has 0 saturated carbocycles. The van der Waals surface area contributed by atoms with Gasteiger partial charge in [-0.05, 0) is 41.9 Å². The molecule has 0 bridgehead atoms. The van der Waals surface area contributed by atoms with E-state index in [0.29, 0.717) is 11.8 Å². The van der Waals surface area contributed by atoms with Gasteiger partial charge in [0, 0.05) is 5.69 Å². The summed E-state index contributed by atoms with van der Waals surface area (Å²) in [5, 5.41) is 0. The molecule has 0 spiro atoms. The smallest absolute Gasteiger partial charge is 0.0314 e. The molecule has 1 unspecified atom stereocenters. The van der Waals surface area contributed by atoms with Crippen molar-refractivity contribution < 1.29 is 0 Å². The Morgan fingerprint density at radius 2 is 1.53 bits per heavy atom. The third-order valence-corrected chi connectivity index (χ3v) is 2.89. The van der Waals surface area contributed by atoms with Gasteiger partial charge in [-0.15, -0.1) is 0 Å². The molecule has 0 fully saturated rings. The molecule has 2 N–H and O–H groups in total. The van der Waals surface area contributed by atoms with E-state index in [2.05, 4.69) is 39.8 Å². The summed E-state index contributed by atoms with van der Waals surface area (Å²) in [6.07, 6.45) is 1.25. The highest BCUT2D eigenvalue weighted by Gasteiger charge is 2.16. The van der Waals surface area contributed by atoms with Gasteiger partial charge >= 0.3 is 0 Å². The van der Waals surface area contributed by atoms with Crippen LogP contribution in [0.25, 0.3) is 0 Å². The summed E-state index contributed by atoms with van der Waals surface area (Å²) in [5.74, 6) is 2.09. The summed E-state index contributed by atoms with van der Waals surface area (Å²) in [7, 11) is 0. The Hall–Kier alpha value is -0.980. The van der Waals surface area contributed by atoms with Gasteiger partial charge in [0.15, 0.2) is 0 Å². The highest BCUT2D eigenvalue weighted by Crippen LogP contribution is 2.31. The first-order valence-electron chi connectivity index (χ1n) is 5.86. The van der Waals surface area contributed by atoms with E-state index in [-0.39, 0.29) is 0 Å². The quantitative estimate of drug-likeness (QED) is 0.737. The Kier molecular flexibility index (Phi) is 4.19. The van der Waals surface area contributed by atoms with Crippen molar-refractivity contribution in [3.63, 3.8) is 0 Å². The maximum Gasteiger partial charge on any atom is 0.0314 e. The first-order chi connectivity index (χ1) is 7.00. The van der Waals surface area contributed by atoms with Gasteiger partial charge in [-0.1, -0.05) is 39.8 Å². The van der Waals surface area contributed by atoms with Crippen molar-refractivity contribution in [2.75, 3.05) is 5.73 Å². The molecule has 1 nitrogen and oxygen atoms in total. The number of hydrogen-bond acceptors (Lipinski definition) is 1. The minimum absolute atomic E-state index is 0.658. The number of nitrogens with two attached hydrogens (primary N) is 1. The van der Waals surface area contributed by atoms with Gasteiger partial charge < -0.3 is 5.73 Å². The zero-order valence-corrected chi connectivity index (χ0v) is 10.3. The van der Waals surface area contributed by atoms with E-state index in [1.807, 2.05) is 12.1 Å². The maximum atomic E-state index is 5.70. The standard InChI is InChI=1S/C14H23N/c1-10(2)9-14(11(3)4)12-5-7-13(15)8-6-12/h5-8,10-11,14H,9,15H2,1-4H3. The Morgan fingerprint density at radius 3 is 1.93 bits per heavy atom. The van der Waals surface area contributed by atoms with E-state index < -0.39 is 0 Å². The van der Waals surface area contributed by atoms with Crippen LogP contribution in [0.2, 0.25) is 0 Å². The summed E-state index contributed by atoms with van der Waals surface area (Å²) in [6, 6.07) is 8.35. The normalized spacial score (nSPS) is 13.5. The van der Waals surface area contributed by atoms with E-state index in [1.165, 1.54) is 12.0 Å². The summed E-state index contributed by atoms with van der Waals surface area (Å²) >= 11 is 0. The lowest BCUT2D eigenvalue weighted by molar-refractivity contribution is 0.408. The van der Waals surface area contributed by atoms with Crippen LogP contribution in [-0.2, 0) is 0 Å². The highest BCUT2D eigenvalue weighted by atomic mass is 14.5. The molecule has 0 saturated heterocycles. The van der Waals surface area contributed by atoms with Crippen molar-refractivity contribution in [1.82, 2.24) is 0 Å². The predicted molar refractivity (Wildman–Crippen MR) is 67.9 cm³/mol. The Bertz CT molecular complexity index is 285. The molecular formula is C14H23N. The van der Waals surface area contributed by atoms with Crippen LogP contribution in [0.4, 0.5) is 5.69 Å². The average Bonchev–Trinajstić information content (AvgIpc) is 2.15. The van der Waals surface area contributed by atoms with Gasteiger partial charge in [-0.2, -0.15) is 0 Å². The SMILES string of the molecule is CC(C)CC(c1ccc(N)cc1)C(C)C. The lowest BCUT2D eigenvalue weighted by atomic mass is 9.82. The summed E-state index contributed by atoms with van der Waals surface area (Å²) in [6.45, 7) is 9.16. The van der Waals surface area contributed by atoms with Crippen molar-refractivity contribution in [3.8, 4) is 0 Å². The van der Waals surface area contributed by atoms with Crippen LogP contribution in [0.1, 0.15) is 45.6 Å². The van der Waals surface area contributed by atoms with Crippen molar-refractivity contribution in [1.29, 1.82) is 0 Å². The zero-order valence-electron chi connectivity index (χ0n) is 10.3. The van der Waals surface area contributed by atoms with Crippen LogP contribution in [0.15, 0.2) is 24.3 Å². The topological polar surface area (TPSA) is 26.0 Å². The first-order valence-corrected chi connectivity index (χ1v) is 5.86. The molecule has 1 rings (SSSR count). The van der Waals surface area contributed by atoms with Crippen LogP contribution in [0, 0.1) is 11.8 Å². The molecule has 0 amide bonds. The summed E-state index contributed by atoms with van der Waals surface area (Å²) in [5.41, 5.74) is 7.98. The number of rotatable bonds is 4. The minimum atomic E-state index is 0.658. The molecule has 0 aliphatic heterocycles. The van der Waals surface area contributed by atoms with Gasteiger partial charge in [0.05, 0.1) is 0 Å². The van der Waals surface area contributed by atoms with Crippen LogP contribution in [0.5, 0.6) is 0 Å². The largest absolute Gasteiger partial charge is 0.399 e. The summed E-state index contributed by atoms with van der Waals surface area (Å²) in [4.78, 5) is 0. The summed E-state index contributed by atoms with van der Waals surface area (Å²) < 4.78 is 0. The van der Waals surface area contributed by atoms with Crippen molar-refractivity contribution in [3.05, 3.63) is 29.8 Å². The molecule has 0 radical (unpaired) electrons. The predicted octanol–water partition coefficient (Wildman–Crippen LogP) is 4.05. The second kappa shape index (κ2) is 5.20. The van der Waals surface area contributed by atoms with E-state index in [4.69, 9.17) is 5.73 Å². The fraction of sp³-hybridized carbons (Fsp3) is 0.571. The first kappa shape index (κ1) is 12.1. The zero-order chi connectivity index (χ0) is 11.4. The van der Waals surface area contributed by atoms with Crippen molar-refractivity contribution in [2.24, 2.45) is 11.8 Å². The highest BCUT2D eigenvalue weighted by molar-refractivity contribution is 5.40. The molecule has 1 heteroatoms. The molecule has 15 heavy (non-hydrogen) atoms. The van der Waals surface area contributed by atoms with Crippen LogP contribution >= 0.6 is 0 Å². The molecule has 84 valence electrons. The number of nitrogen functional groups attached to an aromatic ring is 1. The minimum Gasteiger partial charge on any atom is -0.399 e. The number of hydrogen-bond donors (Lipinski definition) is 1. The average molecular weight is 205 g/mol. The monoisotopic (exact) mass is 205 g/mol. The van der Waals surface area contributed by atoms with Gasteiger partial charge in [0.25, 0.3) is 0 Å². The van der Waals surface area contributed by atoms with Gasteiger partial charge in [-0.25, -0.2) is 0 Å². The van der Waals surface area contributed by atoms with Crippen molar-refractivity contribution >= 4 is 5.69 Å². The molecule has 1 aromatic rings. The third kappa shape index (κ3) is 3.58. The molecule has 0 aliphatic carbocycles. The molecular weight excluding hydrogens is 182 g/mol. The van der Waals surface area contributed by atoms with E-state index >= 15 is 0 Å². The second-order valence-corrected chi connectivity index (χ2v) is 5.15. The molecule has 1 aromatic carbocycles. The van der Waals surface area contributed by atoms with Crippen LogP contribution in [0.3, 0.4) is 0 Å². The Morgan fingerprint density at radius 1 is 1.00 bits per heavy atom. The Labute approximate surface area is 93.7 Å². The molecule has 0 heterocycles. The van der Waals surface area contributed by atoms with Gasteiger partial charge in [0.1, 0.15) is 0 Å². The lowest BCUT2D eigenvalue weighted by Gasteiger charge is -2.23. The maximum absolute atomic E-state index is 5.70. The number of benzene rings is 1. The third-order valence-electron chi connectivity index (χ3n) is 2.89. The van der Waals surface area contributed by atoms with Crippen LogP contribution in [-0.4, -0.2) is 0 Å². The van der Waals surface area contributed by atoms with Crippen LogP contribution < -0.4 is 5.73 Å². The Balaban J connectivity index is 2.84. The fourth-order valence-corrected chi connectivity index (χ4v) is 2.04. The van der Waals surface area contributed by atoms with Crippen molar-refractivity contribution in [2.45, 2.75) is 40.0 Å². The number of anilines is 1. The van der Waals surface area contributed by atoms with Gasteiger partial charge in [0.2, 0.25) is 0 Å². The van der Waals surface area contributed by atoms with E-state index in [0.717, 1.165) is 11.6 Å². The molecule has 0 aromatic heterocycles. The second-order valence-electron chi connectivity index (χ2n) is 5.15. The molecule has 1 atom stereocenters. The lowest BCUT2D eigenvalue weighted by Crippen LogP contribution is -2.09. The van der Waals surface area contributed by atoms with E-state index in [9.17, 15) is 0 Å². The van der Waals surface area contributed by atoms with Gasteiger partial charge in [-0.3, -0.25) is 0 Å². The van der Waals surface area contributed by atoms with E-state index in [1.54, 1.807) is 0 Å². The fourth-order valence-electron chi connectivity index (χ4n) is 2.04. The molecule has 0 aliphatic rings.